The van der Waals surface area contributed by atoms with Gasteiger partial charge in [0.25, 0.3) is 5.56 Å². The maximum atomic E-state index is 12.1. The fourth-order valence-corrected chi connectivity index (χ4v) is 2.16. The van der Waals surface area contributed by atoms with E-state index in [1.807, 2.05) is 6.92 Å². The molecule has 0 fully saturated rings. The third-order valence-electron chi connectivity index (χ3n) is 2.81. The summed E-state index contributed by atoms with van der Waals surface area (Å²) >= 11 is 5.18. The van der Waals surface area contributed by atoms with E-state index in [4.69, 9.17) is 12.2 Å². The predicted octanol–water partition coefficient (Wildman–Crippen LogP) is 0.672. The third-order valence-corrected chi connectivity index (χ3v) is 3.13. The Bertz CT molecular complexity index is 818. The number of aromatic amines is 1. The highest BCUT2D eigenvalue weighted by Gasteiger charge is 2.14. The van der Waals surface area contributed by atoms with Crippen molar-refractivity contribution in [3.8, 4) is 0 Å². The van der Waals surface area contributed by atoms with Crippen LogP contribution in [0.4, 0.5) is 0 Å². The lowest BCUT2D eigenvalue weighted by Crippen LogP contribution is -2.37. The molecule has 2 rings (SSSR count). The van der Waals surface area contributed by atoms with Gasteiger partial charge in [-0.05, 0) is 19.1 Å². The van der Waals surface area contributed by atoms with Crippen LogP contribution in [-0.2, 0) is 20.6 Å². The summed E-state index contributed by atoms with van der Waals surface area (Å²) in [5.74, 6) is 0. The molecule has 0 radical (unpaired) electrons. The summed E-state index contributed by atoms with van der Waals surface area (Å²) in [4.78, 5) is 26.8. The molecule has 1 N–H and O–H groups in total. The molecule has 0 aromatic carbocycles. The predicted molar refractivity (Wildman–Crippen MR) is 72.4 cm³/mol. The van der Waals surface area contributed by atoms with Gasteiger partial charge in [0.05, 0.1) is 0 Å². The van der Waals surface area contributed by atoms with Crippen molar-refractivity contribution in [1.82, 2.24) is 18.7 Å². The third kappa shape index (κ3) is 1.67. The van der Waals surface area contributed by atoms with Crippen molar-refractivity contribution >= 4 is 23.4 Å². The van der Waals surface area contributed by atoms with Gasteiger partial charge in [0.15, 0.2) is 10.3 Å². The van der Waals surface area contributed by atoms with Gasteiger partial charge in [0.2, 0.25) is 0 Å². The summed E-state index contributed by atoms with van der Waals surface area (Å²) in [6.45, 7) is 6.12. The minimum absolute atomic E-state index is 0.360. The average molecular weight is 266 g/mol. The molecule has 0 amide bonds. The summed E-state index contributed by atoms with van der Waals surface area (Å²) in [6.07, 6.45) is 0. The molecular weight excluding hydrogens is 252 g/mol. The monoisotopic (exact) mass is 266 g/mol. The van der Waals surface area contributed by atoms with E-state index in [1.165, 1.54) is 11.6 Å². The van der Waals surface area contributed by atoms with Gasteiger partial charge in [0.1, 0.15) is 5.65 Å². The topological polar surface area (TPSA) is 64.7 Å². The molecule has 2 aromatic rings. The van der Waals surface area contributed by atoms with Crippen molar-refractivity contribution in [3.63, 3.8) is 0 Å². The van der Waals surface area contributed by atoms with Crippen molar-refractivity contribution in [2.75, 3.05) is 0 Å². The Morgan fingerprint density at radius 3 is 2.50 bits per heavy atom. The maximum absolute atomic E-state index is 12.1. The SMILES string of the molecule is C=C(C)Cn1c(=S)[nH]c2c1c(=O)n(C)c(=O)n2C. The number of nitrogens with zero attached hydrogens (tertiary/aromatic N) is 3. The Morgan fingerprint density at radius 2 is 1.94 bits per heavy atom. The standard InChI is InChI=1S/C11H14N4O2S/c1-6(2)5-15-7-8(12-10(15)18)13(3)11(17)14(4)9(7)16/h1,5H2,2-4H3,(H,12,18). The molecule has 2 heterocycles. The van der Waals surface area contributed by atoms with Crippen LogP contribution in [0, 0.1) is 4.77 Å². The summed E-state index contributed by atoms with van der Waals surface area (Å²) in [6, 6.07) is 0. The van der Waals surface area contributed by atoms with E-state index in [1.54, 1.807) is 11.6 Å². The van der Waals surface area contributed by atoms with Gasteiger partial charge in [-0.2, -0.15) is 0 Å². The van der Waals surface area contributed by atoms with Gasteiger partial charge in [-0.3, -0.25) is 13.9 Å². The second-order valence-corrected chi connectivity index (χ2v) is 4.76. The molecule has 0 atom stereocenters. The minimum atomic E-state index is -0.383. The van der Waals surface area contributed by atoms with Gasteiger partial charge < -0.3 is 9.55 Å². The second kappa shape index (κ2) is 4.09. The highest BCUT2D eigenvalue weighted by atomic mass is 32.1. The van der Waals surface area contributed by atoms with Gasteiger partial charge in [0, 0.05) is 20.6 Å². The number of allylic oxidation sites excluding steroid dienone is 1. The van der Waals surface area contributed by atoms with Gasteiger partial charge in [-0.25, -0.2) is 4.79 Å². The number of hydrogen-bond acceptors (Lipinski definition) is 3. The Kier molecular flexibility index (Phi) is 2.86. The van der Waals surface area contributed by atoms with E-state index in [9.17, 15) is 9.59 Å². The van der Waals surface area contributed by atoms with Crippen LogP contribution in [0.1, 0.15) is 6.92 Å². The van der Waals surface area contributed by atoms with E-state index in [-0.39, 0.29) is 11.2 Å². The molecule has 0 spiro atoms. The number of hydrogen-bond donors (Lipinski definition) is 1. The van der Waals surface area contributed by atoms with Crippen molar-refractivity contribution in [1.29, 1.82) is 0 Å². The molecule has 0 aliphatic carbocycles. The first-order valence-corrected chi connectivity index (χ1v) is 5.78. The fraction of sp³-hybridized carbons (Fsp3) is 0.364. The number of H-pyrrole nitrogens is 1. The van der Waals surface area contributed by atoms with Crippen molar-refractivity contribution < 1.29 is 0 Å². The average Bonchev–Trinajstić information content (AvgIpc) is 2.61. The zero-order valence-electron chi connectivity index (χ0n) is 10.5. The molecule has 0 aliphatic heterocycles. The van der Waals surface area contributed by atoms with Crippen LogP contribution in [-0.4, -0.2) is 18.7 Å². The van der Waals surface area contributed by atoms with Crippen LogP contribution in [0.2, 0.25) is 0 Å². The molecule has 96 valence electrons. The van der Waals surface area contributed by atoms with Crippen LogP contribution in [0.5, 0.6) is 0 Å². The molecule has 0 aliphatic rings. The summed E-state index contributed by atoms with van der Waals surface area (Å²) < 4.78 is 4.52. The maximum Gasteiger partial charge on any atom is 0.332 e. The minimum Gasteiger partial charge on any atom is -0.316 e. The number of imidazole rings is 1. The largest absolute Gasteiger partial charge is 0.332 e. The van der Waals surface area contributed by atoms with Crippen molar-refractivity contribution in [2.45, 2.75) is 13.5 Å². The number of aryl methyl sites for hydroxylation is 1. The smallest absolute Gasteiger partial charge is 0.316 e. The van der Waals surface area contributed by atoms with Crippen LogP contribution in [0.3, 0.4) is 0 Å². The zero-order chi connectivity index (χ0) is 13.6. The molecule has 0 saturated carbocycles. The molecule has 6 nitrogen and oxygen atoms in total. The molecule has 18 heavy (non-hydrogen) atoms. The van der Waals surface area contributed by atoms with Crippen molar-refractivity contribution in [3.05, 3.63) is 37.8 Å². The fourth-order valence-electron chi connectivity index (χ4n) is 1.90. The first kappa shape index (κ1) is 12.6. The Morgan fingerprint density at radius 1 is 1.33 bits per heavy atom. The van der Waals surface area contributed by atoms with Crippen LogP contribution >= 0.6 is 12.2 Å². The van der Waals surface area contributed by atoms with Gasteiger partial charge >= 0.3 is 5.69 Å². The lowest BCUT2D eigenvalue weighted by molar-refractivity contribution is 0.701. The first-order valence-electron chi connectivity index (χ1n) is 5.37. The summed E-state index contributed by atoms with van der Waals surface area (Å²) in [5, 5.41) is 0. The van der Waals surface area contributed by atoms with E-state index in [0.29, 0.717) is 22.5 Å². The van der Waals surface area contributed by atoms with Gasteiger partial charge in [-0.1, -0.05) is 12.2 Å². The normalized spacial score (nSPS) is 11.1. The highest BCUT2D eigenvalue weighted by molar-refractivity contribution is 7.71. The Hall–Kier alpha value is -1.89. The number of rotatable bonds is 2. The van der Waals surface area contributed by atoms with E-state index in [2.05, 4.69) is 11.6 Å². The lowest BCUT2D eigenvalue weighted by Gasteiger charge is -2.06. The van der Waals surface area contributed by atoms with Crippen LogP contribution in [0.25, 0.3) is 11.2 Å². The lowest BCUT2D eigenvalue weighted by atomic mass is 10.3. The number of aromatic nitrogens is 4. The molecule has 0 unspecified atom stereocenters. The van der Waals surface area contributed by atoms with E-state index >= 15 is 0 Å². The quantitative estimate of drug-likeness (QED) is 0.642. The summed E-state index contributed by atoms with van der Waals surface area (Å²) in [5.41, 5.74) is 0.970. The molecule has 0 saturated heterocycles. The molecular formula is C11H14N4O2S. The van der Waals surface area contributed by atoms with Crippen LogP contribution in [0.15, 0.2) is 21.7 Å². The molecule has 7 heteroatoms. The van der Waals surface area contributed by atoms with E-state index in [0.717, 1.165) is 10.1 Å². The van der Waals surface area contributed by atoms with Gasteiger partial charge in [-0.15, -0.1) is 0 Å². The molecule has 2 aromatic heterocycles. The number of fused-ring (bicyclic) bond motifs is 1. The second-order valence-electron chi connectivity index (χ2n) is 4.38. The van der Waals surface area contributed by atoms with Crippen molar-refractivity contribution in [2.24, 2.45) is 14.1 Å². The number of nitrogens with one attached hydrogen (secondary N) is 1. The Labute approximate surface area is 108 Å². The highest BCUT2D eigenvalue weighted by Crippen LogP contribution is 2.09. The zero-order valence-corrected chi connectivity index (χ0v) is 11.3. The first-order chi connectivity index (χ1) is 8.34. The van der Waals surface area contributed by atoms with E-state index < -0.39 is 0 Å². The van der Waals surface area contributed by atoms with Crippen LogP contribution < -0.4 is 11.2 Å². The molecule has 0 bridgehead atoms. The Balaban J connectivity index is 3.04. The summed E-state index contributed by atoms with van der Waals surface area (Å²) in [7, 11) is 3.05.